The summed E-state index contributed by atoms with van der Waals surface area (Å²) in [5, 5.41) is 10.4. The fourth-order valence-electron chi connectivity index (χ4n) is 5.99. The minimum Gasteiger partial charge on any atom is -0.392 e. The molecule has 3 heterocycles. The Morgan fingerprint density at radius 1 is 0.826 bits per heavy atom. The summed E-state index contributed by atoms with van der Waals surface area (Å²) in [4.78, 5) is 31.9. The maximum absolute atomic E-state index is 13.1. The van der Waals surface area contributed by atoms with E-state index in [0.717, 1.165) is 44.3 Å². The van der Waals surface area contributed by atoms with Crippen LogP contribution in [0.15, 0.2) is 115 Å². The van der Waals surface area contributed by atoms with Crippen molar-refractivity contribution in [2.24, 2.45) is 7.05 Å². The fourth-order valence-corrected chi connectivity index (χ4v) is 6.94. The average Bonchev–Trinajstić information content (AvgIpc) is 3.63. The molecular weight excluding hydrogens is 598 g/mol. The first-order valence-corrected chi connectivity index (χ1v) is 16.2. The van der Waals surface area contributed by atoms with Gasteiger partial charge in [0.1, 0.15) is 0 Å². The number of thioether (sulfide) groups is 1. The highest BCUT2D eigenvalue weighted by molar-refractivity contribution is 7.99. The first kappa shape index (κ1) is 30.1. The molecule has 3 atom stereocenters. The van der Waals surface area contributed by atoms with E-state index < -0.39 is 6.29 Å². The Balaban J connectivity index is 1.11. The molecule has 0 spiro atoms. The Kier molecular flexibility index (Phi) is 8.55. The molecule has 0 radical (unpaired) electrons. The van der Waals surface area contributed by atoms with Crippen LogP contribution in [0.1, 0.15) is 61.8 Å². The van der Waals surface area contributed by atoms with Crippen LogP contribution >= 0.6 is 11.8 Å². The van der Waals surface area contributed by atoms with Gasteiger partial charge >= 0.3 is 0 Å². The number of hydrogen-bond acceptors (Lipinski definition) is 7. The molecule has 4 aromatic carbocycles. The largest absolute Gasteiger partial charge is 0.392 e. The summed E-state index contributed by atoms with van der Waals surface area (Å²) in [6.07, 6.45) is 3.57. The van der Waals surface area contributed by atoms with E-state index in [0.29, 0.717) is 17.5 Å². The molecule has 46 heavy (non-hydrogen) atoms. The first-order chi connectivity index (χ1) is 22.5. The Labute approximate surface area is 271 Å². The van der Waals surface area contributed by atoms with Crippen molar-refractivity contribution in [3.05, 3.63) is 143 Å². The van der Waals surface area contributed by atoms with E-state index in [1.165, 1.54) is 4.90 Å². The van der Waals surface area contributed by atoms with Crippen LogP contribution in [0.5, 0.6) is 0 Å². The molecule has 7 rings (SSSR count). The molecule has 8 nitrogen and oxygen atoms in total. The SMILES string of the molecule is Cn1ccnc1SC[C@H]1C[C@@H](c2ccc(CO)cc2)O[C@@H](c2ccc(-c3ccccc3CN3C(=O)c4ccccc4C3=O)cc2)O1. The molecule has 232 valence electrons. The second kappa shape index (κ2) is 13.1. The van der Waals surface area contributed by atoms with Crippen molar-refractivity contribution < 1.29 is 24.2 Å². The van der Waals surface area contributed by atoms with Crippen molar-refractivity contribution in [1.82, 2.24) is 14.5 Å². The normalized spacial score (nSPS) is 19.4. The summed E-state index contributed by atoms with van der Waals surface area (Å²) in [7, 11) is 1.98. The van der Waals surface area contributed by atoms with Crippen LogP contribution < -0.4 is 0 Å². The van der Waals surface area contributed by atoms with Crippen LogP contribution in [-0.2, 0) is 29.7 Å². The number of hydrogen-bond donors (Lipinski definition) is 1. The number of imide groups is 1. The van der Waals surface area contributed by atoms with E-state index in [1.807, 2.05) is 90.6 Å². The lowest BCUT2D eigenvalue weighted by Crippen LogP contribution is -2.31. The third-order valence-corrected chi connectivity index (χ3v) is 9.70. The van der Waals surface area contributed by atoms with Crippen LogP contribution in [0.4, 0.5) is 0 Å². The summed E-state index contributed by atoms with van der Waals surface area (Å²) in [6, 6.07) is 30.8. The minimum absolute atomic E-state index is 0.00571. The van der Waals surface area contributed by atoms with Crippen LogP contribution in [-0.4, -0.2) is 43.2 Å². The Morgan fingerprint density at radius 3 is 2.13 bits per heavy atom. The molecule has 0 unspecified atom stereocenters. The topological polar surface area (TPSA) is 93.9 Å². The molecule has 1 N–H and O–H groups in total. The molecule has 2 aliphatic rings. The minimum atomic E-state index is -0.578. The zero-order valence-electron chi connectivity index (χ0n) is 25.3. The number of ether oxygens (including phenoxy) is 2. The summed E-state index contributed by atoms with van der Waals surface area (Å²) in [6.45, 7) is 0.180. The maximum atomic E-state index is 13.1. The average molecular weight is 632 g/mol. The fraction of sp³-hybridized carbons (Fsp3) is 0.216. The number of carbonyl (C=O) groups is 2. The number of rotatable bonds is 9. The van der Waals surface area contributed by atoms with Gasteiger partial charge < -0.3 is 19.1 Å². The number of aryl methyl sites for hydroxylation is 1. The first-order valence-electron chi connectivity index (χ1n) is 15.2. The van der Waals surface area contributed by atoms with E-state index in [1.54, 1.807) is 42.2 Å². The number of aromatic nitrogens is 2. The highest BCUT2D eigenvalue weighted by Crippen LogP contribution is 2.40. The van der Waals surface area contributed by atoms with Gasteiger partial charge in [-0.3, -0.25) is 14.5 Å². The molecule has 0 saturated carbocycles. The number of aliphatic hydroxyl groups is 1. The molecule has 9 heteroatoms. The third-order valence-electron chi connectivity index (χ3n) is 8.51. The van der Waals surface area contributed by atoms with E-state index in [9.17, 15) is 14.7 Å². The highest BCUT2D eigenvalue weighted by Gasteiger charge is 2.36. The quantitative estimate of drug-likeness (QED) is 0.143. The number of carbonyl (C=O) groups excluding carboxylic acids is 2. The lowest BCUT2D eigenvalue weighted by molar-refractivity contribution is -0.245. The number of imidazole rings is 1. The Bertz CT molecular complexity index is 1840. The van der Waals surface area contributed by atoms with Crippen molar-refractivity contribution in [3.63, 3.8) is 0 Å². The van der Waals surface area contributed by atoms with Gasteiger partial charge in [-0.15, -0.1) is 0 Å². The Hall–Kier alpha value is -4.54. The monoisotopic (exact) mass is 631 g/mol. The van der Waals surface area contributed by atoms with Gasteiger partial charge in [0.15, 0.2) is 11.4 Å². The number of aliphatic hydroxyl groups excluding tert-OH is 1. The number of benzene rings is 4. The molecule has 1 aromatic heterocycles. The van der Waals surface area contributed by atoms with Crippen LogP contribution in [0, 0.1) is 0 Å². The molecular formula is C37H33N3O5S. The smallest absolute Gasteiger partial charge is 0.261 e. The molecule has 1 saturated heterocycles. The lowest BCUT2D eigenvalue weighted by atomic mass is 9.97. The molecule has 0 bridgehead atoms. The second-order valence-corrected chi connectivity index (χ2v) is 12.5. The van der Waals surface area contributed by atoms with E-state index in [4.69, 9.17) is 9.47 Å². The van der Waals surface area contributed by atoms with Crippen LogP contribution in [0.25, 0.3) is 11.1 Å². The highest BCUT2D eigenvalue weighted by atomic mass is 32.2. The second-order valence-electron chi connectivity index (χ2n) is 11.5. The van der Waals surface area contributed by atoms with Gasteiger partial charge in [0.25, 0.3) is 11.8 Å². The summed E-state index contributed by atoms with van der Waals surface area (Å²) in [5.41, 5.74) is 6.47. The van der Waals surface area contributed by atoms with Crippen molar-refractivity contribution in [3.8, 4) is 11.1 Å². The zero-order valence-corrected chi connectivity index (χ0v) is 26.1. The molecule has 2 amide bonds. The third kappa shape index (κ3) is 6.02. The van der Waals surface area contributed by atoms with Gasteiger partial charge in [0.2, 0.25) is 0 Å². The molecule has 1 fully saturated rings. The summed E-state index contributed by atoms with van der Waals surface area (Å²) < 4.78 is 15.1. The van der Waals surface area contributed by atoms with E-state index in [-0.39, 0.29) is 37.2 Å². The summed E-state index contributed by atoms with van der Waals surface area (Å²) in [5.74, 6) is 0.182. The van der Waals surface area contributed by atoms with Gasteiger partial charge in [0.05, 0.1) is 36.5 Å². The predicted octanol–water partition coefficient (Wildman–Crippen LogP) is 6.71. The van der Waals surface area contributed by atoms with Crippen LogP contribution in [0.2, 0.25) is 0 Å². The van der Waals surface area contributed by atoms with Gasteiger partial charge in [-0.1, -0.05) is 96.7 Å². The summed E-state index contributed by atoms with van der Waals surface area (Å²) >= 11 is 1.66. The number of amides is 2. The van der Waals surface area contributed by atoms with Crippen molar-refractivity contribution in [1.29, 1.82) is 0 Å². The molecule has 5 aromatic rings. The van der Waals surface area contributed by atoms with E-state index in [2.05, 4.69) is 4.98 Å². The predicted molar refractivity (Wildman–Crippen MR) is 175 cm³/mol. The lowest BCUT2D eigenvalue weighted by Gasteiger charge is -2.36. The Morgan fingerprint density at radius 2 is 1.48 bits per heavy atom. The van der Waals surface area contributed by atoms with Gasteiger partial charge in [-0.25, -0.2) is 4.98 Å². The van der Waals surface area contributed by atoms with Gasteiger partial charge in [-0.05, 0) is 39.9 Å². The molecule has 2 aliphatic heterocycles. The van der Waals surface area contributed by atoms with Crippen molar-refractivity contribution in [2.75, 3.05) is 5.75 Å². The number of fused-ring (bicyclic) bond motifs is 1. The maximum Gasteiger partial charge on any atom is 0.261 e. The van der Waals surface area contributed by atoms with Crippen molar-refractivity contribution >= 4 is 23.6 Å². The zero-order chi connectivity index (χ0) is 31.6. The van der Waals surface area contributed by atoms with Gasteiger partial charge in [-0.2, -0.15) is 0 Å². The van der Waals surface area contributed by atoms with Gasteiger partial charge in [0, 0.05) is 37.2 Å². The van der Waals surface area contributed by atoms with Crippen molar-refractivity contribution in [2.45, 2.75) is 43.2 Å². The molecule has 0 aliphatic carbocycles. The standard InChI is InChI=1S/C37H33N3O5S/c1-39-19-18-38-37(39)46-23-29-20-33(26-12-10-24(22-41)11-13-26)45-36(44-29)27-16-14-25(15-17-27)30-7-3-2-6-28(30)21-40-34(42)31-8-4-5-9-32(31)35(40)43/h2-19,29,33,36,41H,20-23H2,1H3/t29-,33+,36+/m1/s1. The van der Waals surface area contributed by atoms with E-state index >= 15 is 0 Å². The van der Waals surface area contributed by atoms with Crippen LogP contribution in [0.3, 0.4) is 0 Å². The number of nitrogens with zero attached hydrogens (tertiary/aromatic N) is 3.